The summed E-state index contributed by atoms with van der Waals surface area (Å²) in [5.74, 6) is 1.60. The SMILES string of the molecule is Cl.NC1CCC2CN(Cc3ccccc3Br)CC12. The van der Waals surface area contributed by atoms with Gasteiger partial charge in [-0.15, -0.1) is 12.4 Å². The van der Waals surface area contributed by atoms with Gasteiger partial charge in [-0.2, -0.15) is 0 Å². The predicted molar refractivity (Wildman–Crippen MR) is 80.9 cm³/mol. The molecule has 2 aliphatic rings. The van der Waals surface area contributed by atoms with E-state index in [4.69, 9.17) is 5.73 Å². The molecule has 1 aliphatic carbocycles. The zero-order valence-electron chi connectivity index (χ0n) is 10.4. The molecule has 0 aromatic heterocycles. The molecule has 1 aromatic rings. The molecule has 1 saturated carbocycles. The van der Waals surface area contributed by atoms with Crippen LogP contribution in [0.3, 0.4) is 0 Å². The molecule has 1 aliphatic heterocycles. The van der Waals surface area contributed by atoms with Gasteiger partial charge in [-0.1, -0.05) is 34.1 Å². The molecule has 3 rings (SSSR count). The van der Waals surface area contributed by atoms with Crippen molar-refractivity contribution in [3.8, 4) is 0 Å². The van der Waals surface area contributed by atoms with Crippen LogP contribution in [0.5, 0.6) is 0 Å². The molecule has 2 fully saturated rings. The second-order valence-corrected chi connectivity index (χ2v) is 6.30. The predicted octanol–water partition coefficient (Wildman–Crippen LogP) is 3.04. The summed E-state index contributed by atoms with van der Waals surface area (Å²) >= 11 is 3.63. The maximum absolute atomic E-state index is 6.17. The Labute approximate surface area is 123 Å². The Balaban J connectivity index is 0.00000120. The third-order valence-electron chi connectivity index (χ3n) is 4.34. The molecule has 1 saturated heterocycles. The minimum atomic E-state index is 0. The molecule has 0 amide bonds. The molecule has 1 heterocycles. The van der Waals surface area contributed by atoms with Crippen molar-refractivity contribution in [1.82, 2.24) is 4.90 Å². The van der Waals surface area contributed by atoms with E-state index < -0.39 is 0 Å². The normalized spacial score (nSPS) is 31.1. The Morgan fingerprint density at radius 2 is 2.00 bits per heavy atom. The fourth-order valence-corrected chi connectivity index (χ4v) is 3.81. The van der Waals surface area contributed by atoms with Crippen LogP contribution >= 0.6 is 28.3 Å². The number of rotatable bonds is 2. The molecule has 4 heteroatoms. The first-order valence-electron chi connectivity index (χ1n) is 6.45. The topological polar surface area (TPSA) is 29.3 Å². The van der Waals surface area contributed by atoms with E-state index in [-0.39, 0.29) is 12.4 Å². The first kappa shape index (κ1) is 14.3. The van der Waals surface area contributed by atoms with Crippen molar-refractivity contribution in [2.24, 2.45) is 17.6 Å². The lowest BCUT2D eigenvalue weighted by Crippen LogP contribution is -2.30. The highest BCUT2D eigenvalue weighted by molar-refractivity contribution is 9.10. The molecule has 0 bridgehead atoms. The van der Waals surface area contributed by atoms with Crippen LogP contribution in [0.2, 0.25) is 0 Å². The van der Waals surface area contributed by atoms with E-state index in [2.05, 4.69) is 45.1 Å². The van der Waals surface area contributed by atoms with E-state index in [1.165, 1.54) is 36.0 Å². The van der Waals surface area contributed by atoms with E-state index in [0.29, 0.717) is 6.04 Å². The molecule has 2 nitrogen and oxygen atoms in total. The Kier molecular flexibility index (Phi) is 4.70. The Morgan fingerprint density at radius 3 is 2.72 bits per heavy atom. The maximum Gasteiger partial charge on any atom is 0.0245 e. The van der Waals surface area contributed by atoms with Gasteiger partial charge < -0.3 is 5.73 Å². The highest BCUT2D eigenvalue weighted by atomic mass is 79.9. The van der Waals surface area contributed by atoms with Crippen molar-refractivity contribution < 1.29 is 0 Å². The number of benzene rings is 1. The molecule has 0 radical (unpaired) electrons. The maximum atomic E-state index is 6.17. The summed E-state index contributed by atoms with van der Waals surface area (Å²) in [6, 6.07) is 8.96. The van der Waals surface area contributed by atoms with Crippen molar-refractivity contribution in [2.45, 2.75) is 25.4 Å². The molecule has 2 N–H and O–H groups in total. The van der Waals surface area contributed by atoms with E-state index >= 15 is 0 Å². The zero-order chi connectivity index (χ0) is 11.8. The highest BCUT2D eigenvalue weighted by Crippen LogP contribution is 2.37. The third kappa shape index (κ3) is 2.74. The van der Waals surface area contributed by atoms with Gasteiger partial charge in [0.15, 0.2) is 0 Å². The van der Waals surface area contributed by atoms with Gasteiger partial charge >= 0.3 is 0 Å². The summed E-state index contributed by atoms with van der Waals surface area (Å²) < 4.78 is 1.22. The number of fused-ring (bicyclic) bond motifs is 1. The molecule has 1 aromatic carbocycles. The Bertz CT molecular complexity index is 413. The number of halogens is 2. The summed E-state index contributed by atoms with van der Waals surface area (Å²) in [6.07, 6.45) is 2.57. The van der Waals surface area contributed by atoms with E-state index in [9.17, 15) is 0 Å². The summed E-state index contributed by atoms with van der Waals surface area (Å²) in [5.41, 5.74) is 7.56. The lowest BCUT2D eigenvalue weighted by Gasteiger charge is -2.19. The van der Waals surface area contributed by atoms with Crippen LogP contribution in [0.25, 0.3) is 0 Å². The number of nitrogens with two attached hydrogens (primary N) is 1. The fraction of sp³-hybridized carbons (Fsp3) is 0.571. The largest absolute Gasteiger partial charge is 0.327 e. The summed E-state index contributed by atoms with van der Waals surface area (Å²) in [6.45, 7) is 3.48. The summed E-state index contributed by atoms with van der Waals surface area (Å²) in [7, 11) is 0. The van der Waals surface area contributed by atoms with Gasteiger partial charge in [0.2, 0.25) is 0 Å². The zero-order valence-corrected chi connectivity index (χ0v) is 12.8. The molecule has 0 spiro atoms. The minimum Gasteiger partial charge on any atom is -0.327 e. The third-order valence-corrected chi connectivity index (χ3v) is 5.11. The lowest BCUT2D eigenvalue weighted by molar-refractivity contribution is 0.297. The van der Waals surface area contributed by atoms with Gasteiger partial charge in [-0.05, 0) is 36.3 Å². The number of hydrogen-bond donors (Lipinski definition) is 1. The number of hydrogen-bond acceptors (Lipinski definition) is 2. The molecule has 3 atom stereocenters. The number of likely N-dealkylation sites (tertiary alicyclic amines) is 1. The molecular weight excluding hydrogens is 312 g/mol. The quantitative estimate of drug-likeness (QED) is 0.902. The van der Waals surface area contributed by atoms with Crippen LogP contribution in [0.4, 0.5) is 0 Å². The minimum absolute atomic E-state index is 0. The summed E-state index contributed by atoms with van der Waals surface area (Å²) in [4.78, 5) is 2.56. The average molecular weight is 332 g/mol. The smallest absolute Gasteiger partial charge is 0.0245 e. The fourth-order valence-electron chi connectivity index (χ4n) is 3.40. The van der Waals surface area contributed by atoms with E-state index in [1.807, 2.05) is 0 Å². The first-order valence-corrected chi connectivity index (χ1v) is 7.24. The van der Waals surface area contributed by atoms with Crippen molar-refractivity contribution in [3.05, 3.63) is 34.3 Å². The second kappa shape index (κ2) is 5.91. The lowest BCUT2D eigenvalue weighted by atomic mass is 9.98. The molecule has 100 valence electrons. The summed E-state index contributed by atoms with van der Waals surface area (Å²) in [5, 5.41) is 0. The second-order valence-electron chi connectivity index (χ2n) is 5.45. The van der Waals surface area contributed by atoms with Gasteiger partial charge in [-0.25, -0.2) is 0 Å². The van der Waals surface area contributed by atoms with Crippen molar-refractivity contribution in [2.75, 3.05) is 13.1 Å². The molecule has 3 unspecified atom stereocenters. The van der Waals surface area contributed by atoms with Gasteiger partial charge in [0, 0.05) is 30.1 Å². The van der Waals surface area contributed by atoms with Crippen LogP contribution in [-0.4, -0.2) is 24.0 Å². The van der Waals surface area contributed by atoms with Crippen molar-refractivity contribution in [3.63, 3.8) is 0 Å². The van der Waals surface area contributed by atoms with Crippen molar-refractivity contribution >= 4 is 28.3 Å². The van der Waals surface area contributed by atoms with Crippen LogP contribution in [0.15, 0.2) is 28.7 Å². The average Bonchev–Trinajstić information content (AvgIpc) is 2.85. The molecule has 18 heavy (non-hydrogen) atoms. The Hall–Kier alpha value is -0.0900. The van der Waals surface area contributed by atoms with Gasteiger partial charge in [0.25, 0.3) is 0 Å². The highest BCUT2D eigenvalue weighted by Gasteiger charge is 2.40. The van der Waals surface area contributed by atoms with E-state index in [1.54, 1.807) is 0 Å². The van der Waals surface area contributed by atoms with Crippen LogP contribution in [-0.2, 0) is 6.54 Å². The number of nitrogens with zero attached hydrogens (tertiary/aromatic N) is 1. The molecular formula is C14H20BrClN2. The van der Waals surface area contributed by atoms with Gasteiger partial charge in [0.05, 0.1) is 0 Å². The Morgan fingerprint density at radius 1 is 1.22 bits per heavy atom. The first-order chi connectivity index (χ1) is 8.24. The van der Waals surface area contributed by atoms with E-state index in [0.717, 1.165) is 18.4 Å². The monoisotopic (exact) mass is 330 g/mol. The van der Waals surface area contributed by atoms with Crippen LogP contribution < -0.4 is 5.73 Å². The van der Waals surface area contributed by atoms with Gasteiger partial charge in [0.1, 0.15) is 0 Å². The standard InChI is InChI=1S/C14H19BrN2.ClH/c15-13-4-2-1-3-11(13)8-17-7-10-5-6-14(16)12(10)9-17;/h1-4,10,12,14H,5-9,16H2;1H. The van der Waals surface area contributed by atoms with Crippen molar-refractivity contribution in [1.29, 1.82) is 0 Å². The van der Waals surface area contributed by atoms with Gasteiger partial charge in [-0.3, -0.25) is 4.90 Å². The van der Waals surface area contributed by atoms with Crippen LogP contribution in [0, 0.1) is 11.8 Å². The van der Waals surface area contributed by atoms with Crippen LogP contribution in [0.1, 0.15) is 18.4 Å².